The summed E-state index contributed by atoms with van der Waals surface area (Å²) < 4.78 is 92.1. The van der Waals surface area contributed by atoms with Crippen molar-refractivity contribution in [3.8, 4) is 11.4 Å². The molecule has 1 aromatic heterocycles. The third kappa shape index (κ3) is 4.16. The summed E-state index contributed by atoms with van der Waals surface area (Å²) in [6.45, 7) is 3.16. The highest BCUT2D eigenvalue weighted by Gasteiger charge is 2.39. The van der Waals surface area contributed by atoms with Crippen LogP contribution in [0.25, 0.3) is 11.4 Å². The molecule has 0 aliphatic heterocycles. The van der Waals surface area contributed by atoms with Gasteiger partial charge < -0.3 is 4.57 Å². The molecule has 0 aliphatic carbocycles. The van der Waals surface area contributed by atoms with Gasteiger partial charge in [-0.2, -0.15) is 26.3 Å². The Hall–Kier alpha value is -1.58. The Labute approximate surface area is 146 Å². The largest absolute Gasteiger partial charge is 0.434 e. The highest BCUT2D eigenvalue weighted by atomic mass is 79.9. The average Bonchev–Trinajstić information content (AvgIpc) is 2.90. The van der Waals surface area contributed by atoms with E-state index in [1.54, 1.807) is 13.8 Å². The summed E-state index contributed by atoms with van der Waals surface area (Å²) >= 11 is 2.43. The van der Waals surface area contributed by atoms with E-state index in [0.29, 0.717) is 6.07 Å². The molecule has 1 aromatic carbocycles. The predicted octanol–water partition coefficient (Wildman–Crippen LogP) is 6.29. The summed E-state index contributed by atoms with van der Waals surface area (Å²) in [6, 6.07) is 2.16. The molecule has 0 N–H and O–H groups in total. The Morgan fingerprint density at radius 3 is 2.12 bits per heavy atom. The van der Waals surface area contributed by atoms with Crippen LogP contribution in [0.4, 0.5) is 30.7 Å². The van der Waals surface area contributed by atoms with Crippen LogP contribution in [0.3, 0.4) is 0 Å². The normalized spacial score (nSPS) is 14.2. The number of alkyl halides is 7. The van der Waals surface area contributed by atoms with Crippen molar-refractivity contribution in [3.63, 3.8) is 0 Å². The van der Waals surface area contributed by atoms with E-state index in [-0.39, 0.29) is 11.4 Å². The highest BCUT2D eigenvalue weighted by Crippen LogP contribution is 2.41. The zero-order valence-corrected chi connectivity index (χ0v) is 14.5. The Morgan fingerprint density at radius 1 is 1.08 bits per heavy atom. The van der Waals surface area contributed by atoms with Crippen molar-refractivity contribution in [1.82, 2.24) is 9.55 Å². The van der Waals surface area contributed by atoms with Gasteiger partial charge in [0.1, 0.15) is 16.5 Å². The van der Waals surface area contributed by atoms with Crippen molar-refractivity contribution in [3.05, 3.63) is 41.5 Å². The van der Waals surface area contributed by atoms with E-state index in [0.717, 1.165) is 22.9 Å². The van der Waals surface area contributed by atoms with Crippen LogP contribution in [0.2, 0.25) is 0 Å². The maximum absolute atomic E-state index is 14.3. The lowest BCUT2D eigenvalue weighted by Gasteiger charge is -2.16. The number of imidazole rings is 1. The Balaban J connectivity index is 2.54. The van der Waals surface area contributed by atoms with Gasteiger partial charge in [-0.05, 0) is 31.5 Å². The second-order valence-electron chi connectivity index (χ2n) is 5.59. The molecule has 138 valence electrons. The van der Waals surface area contributed by atoms with Gasteiger partial charge in [0, 0.05) is 12.2 Å². The van der Waals surface area contributed by atoms with Gasteiger partial charge in [0.15, 0.2) is 5.69 Å². The van der Waals surface area contributed by atoms with E-state index in [1.165, 1.54) is 0 Å². The number of rotatable bonds is 3. The molecule has 0 amide bonds. The van der Waals surface area contributed by atoms with E-state index < -0.39 is 40.3 Å². The first-order chi connectivity index (χ1) is 11.3. The van der Waals surface area contributed by atoms with E-state index in [9.17, 15) is 30.7 Å². The van der Waals surface area contributed by atoms with Gasteiger partial charge in [-0.15, -0.1) is 0 Å². The van der Waals surface area contributed by atoms with Crippen molar-refractivity contribution in [2.24, 2.45) is 0 Å². The standard InChI is InChI=1S/C15H12BrF7N2/c1-7(2)25-6-11(14(18,19)20)24-13(25)9-4-3-8(5-10(9)17)12(16)15(21,22)23/h3-7,12H,1-2H3. The molecule has 0 saturated carbocycles. The van der Waals surface area contributed by atoms with Crippen LogP contribution in [0.5, 0.6) is 0 Å². The maximum atomic E-state index is 14.3. The summed E-state index contributed by atoms with van der Waals surface area (Å²) in [5.74, 6) is -1.39. The van der Waals surface area contributed by atoms with Gasteiger partial charge in [-0.1, -0.05) is 22.0 Å². The maximum Gasteiger partial charge on any atom is 0.434 e. The summed E-state index contributed by atoms with van der Waals surface area (Å²) in [6.07, 6.45) is -8.60. The van der Waals surface area contributed by atoms with Crippen molar-refractivity contribution < 1.29 is 30.7 Å². The second-order valence-corrected chi connectivity index (χ2v) is 6.51. The first-order valence-corrected chi connectivity index (χ1v) is 7.90. The van der Waals surface area contributed by atoms with Crippen LogP contribution >= 0.6 is 15.9 Å². The van der Waals surface area contributed by atoms with Crippen LogP contribution in [-0.2, 0) is 6.18 Å². The lowest BCUT2D eigenvalue weighted by atomic mass is 10.1. The molecule has 0 spiro atoms. The van der Waals surface area contributed by atoms with Crippen LogP contribution < -0.4 is 0 Å². The van der Waals surface area contributed by atoms with Crippen molar-refractivity contribution in [2.45, 2.75) is 37.1 Å². The molecule has 2 rings (SSSR count). The van der Waals surface area contributed by atoms with Crippen LogP contribution in [0.1, 0.15) is 36.0 Å². The molecule has 0 fully saturated rings. The molecular formula is C15H12BrF7N2. The van der Waals surface area contributed by atoms with E-state index in [1.807, 2.05) is 0 Å². The Bertz CT molecular complexity index is 762. The minimum atomic E-state index is -4.72. The fourth-order valence-electron chi connectivity index (χ4n) is 2.18. The molecule has 0 aliphatic rings. The second kappa shape index (κ2) is 6.62. The SMILES string of the molecule is CC(C)n1cc(C(F)(F)F)nc1-c1ccc(C(Br)C(F)(F)F)cc1F. The highest BCUT2D eigenvalue weighted by molar-refractivity contribution is 9.09. The van der Waals surface area contributed by atoms with Crippen molar-refractivity contribution >= 4 is 15.9 Å². The fraction of sp³-hybridized carbons (Fsp3) is 0.400. The van der Waals surface area contributed by atoms with Gasteiger partial charge in [0.05, 0.1) is 5.56 Å². The smallest absolute Gasteiger partial charge is 0.328 e. The van der Waals surface area contributed by atoms with E-state index >= 15 is 0 Å². The lowest BCUT2D eigenvalue weighted by molar-refractivity contribution is -0.141. The zero-order valence-electron chi connectivity index (χ0n) is 12.9. The molecular weight excluding hydrogens is 421 g/mol. The van der Waals surface area contributed by atoms with Crippen LogP contribution in [0, 0.1) is 5.82 Å². The number of nitrogens with zero attached hydrogens (tertiary/aromatic N) is 2. The molecule has 10 heteroatoms. The molecule has 1 atom stereocenters. The van der Waals surface area contributed by atoms with Gasteiger partial charge in [0.2, 0.25) is 0 Å². The number of aromatic nitrogens is 2. The van der Waals surface area contributed by atoms with E-state index in [4.69, 9.17) is 0 Å². The van der Waals surface area contributed by atoms with E-state index in [2.05, 4.69) is 20.9 Å². The van der Waals surface area contributed by atoms with Crippen LogP contribution in [-0.4, -0.2) is 15.7 Å². The average molecular weight is 433 g/mol. The molecule has 1 heterocycles. The number of halogens is 8. The first kappa shape index (κ1) is 19.7. The zero-order chi connectivity index (χ0) is 19.2. The summed E-state index contributed by atoms with van der Waals surface area (Å²) in [5, 5.41) is 0. The first-order valence-electron chi connectivity index (χ1n) is 6.99. The summed E-state index contributed by atoms with van der Waals surface area (Å²) in [5.41, 5.74) is -1.91. The molecule has 0 bridgehead atoms. The number of benzene rings is 1. The summed E-state index contributed by atoms with van der Waals surface area (Å²) in [7, 11) is 0. The van der Waals surface area contributed by atoms with Gasteiger partial charge in [-0.25, -0.2) is 9.37 Å². The fourth-order valence-corrected chi connectivity index (χ4v) is 2.47. The third-order valence-electron chi connectivity index (χ3n) is 3.39. The van der Waals surface area contributed by atoms with Crippen molar-refractivity contribution in [2.75, 3.05) is 0 Å². The Morgan fingerprint density at radius 2 is 1.68 bits per heavy atom. The predicted molar refractivity (Wildman–Crippen MR) is 80.7 cm³/mol. The summed E-state index contributed by atoms with van der Waals surface area (Å²) in [4.78, 5) is 1.34. The molecule has 2 aromatic rings. The number of hydrogen-bond donors (Lipinski definition) is 0. The molecule has 25 heavy (non-hydrogen) atoms. The van der Waals surface area contributed by atoms with Crippen molar-refractivity contribution in [1.29, 1.82) is 0 Å². The molecule has 0 saturated heterocycles. The lowest BCUT2D eigenvalue weighted by Crippen LogP contribution is -2.15. The minimum absolute atomic E-state index is 0.301. The van der Waals surface area contributed by atoms with Gasteiger partial charge in [-0.3, -0.25) is 0 Å². The number of hydrogen-bond acceptors (Lipinski definition) is 1. The van der Waals surface area contributed by atoms with Crippen LogP contribution in [0.15, 0.2) is 24.4 Å². The minimum Gasteiger partial charge on any atom is -0.328 e. The monoisotopic (exact) mass is 432 g/mol. The quantitative estimate of drug-likeness (QED) is 0.411. The molecule has 0 radical (unpaired) electrons. The van der Waals surface area contributed by atoms with Gasteiger partial charge in [0.25, 0.3) is 0 Å². The third-order valence-corrected chi connectivity index (χ3v) is 4.44. The molecule has 2 nitrogen and oxygen atoms in total. The van der Waals surface area contributed by atoms with Gasteiger partial charge >= 0.3 is 12.4 Å². The Kier molecular flexibility index (Phi) is 5.23. The molecule has 1 unspecified atom stereocenters. The topological polar surface area (TPSA) is 17.8 Å².